The Morgan fingerprint density at radius 1 is 0.382 bits per heavy atom. The maximum Gasteiger partial charge on any atom is 0.141 e. The summed E-state index contributed by atoms with van der Waals surface area (Å²) >= 11 is 0. The van der Waals surface area contributed by atoms with Crippen molar-refractivity contribution in [2.45, 2.75) is 0 Å². The van der Waals surface area contributed by atoms with E-state index in [1.807, 2.05) is 54.6 Å². The number of nitrogens with zero attached hydrogens (tertiary/aromatic N) is 3. The molecule has 0 amide bonds. The van der Waals surface area contributed by atoms with Crippen molar-refractivity contribution in [1.29, 1.82) is 0 Å². The molecule has 7 heteroatoms. The second-order valence-corrected chi connectivity index (χ2v) is 7.06. The van der Waals surface area contributed by atoms with Crippen LogP contribution in [0.5, 0.6) is 17.2 Å². The number of para-hydroxylation sites is 3. The zero-order valence-electron chi connectivity index (χ0n) is 18.2. The largest absolute Gasteiger partial charge is 0.506 e. The number of pyridine rings is 3. The molecule has 0 aliphatic carbocycles. The van der Waals surface area contributed by atoms with E-state index < -0.39 is 0 Å². The van der Waals surface area contributed by atoms with E-state index in [1.54, 1.807) is 55.0 Å². The summed E-state index contributed by atoms with van der Waals surface area (Å²) in [6.45, 7) is 0. The molecule has 3 aromatic heterocycles. The Morgan fingerprint density at radius 3 is 0.912 bits per heavy atom. The molecule has 0 aliphatic heterocycles. The number of benzene rings is 3. The number of phenols is 3. The van der Waals surface area contributed by atoms with Gasteiger partial charge in [-0.3, -0.25) is 15.0 Å². The molecule has 6 rings (SSSR count). The van der Waals surface area contributed by atoms with Crippen LogP contribution in [0.2, 0.25) is 0 Å². The van der Waals surface area contributed by atoms with Crippen molar-refractivity contribution in [3.05, 3.63) is 110 Å². The summed E-state index contributed by atoms with van der Waals surface area (Å²) < 4.78 is 0. The number of aromatic hydroxyl groups is 3. The maximum atomic E-state index is 9.31. The SMILES string of the molecule is Oc1cccc2cccnc12.Oc1cccc2cccnc12.Oc1cccc2cccnc12.[La]. The molecule has 0 unspecified atom stereocenters. The Bertz CT molecular complexity index is 1330. The Labute approximate surface area is 224 Å². The van der Waals surface area contributed by atoms with Gasteiger partial charge in [0.25, 0.3) is 0 Å². The molecule has 0 atom stereocenters. The summed E-state index contributed by atoms with van der Waals surface area (Å²) in [6, 6.07) is 27.4. The van der Waals surface area contributed by atoms with E-state index in [0.29, 0.717) is 16.6 Å². The Hall–Kier alpha value is -3.52. The summed E-state index contributed by atoms with van der Waals surface area (Å²) in [5.41, 5.74) is 1.99. The molecule has 3 heterocycles. The zero-order valence-corrected chi connectivity index (χ0v) is 21.8. The second-order valence-electron chi connectivity index (χ2n) is 7.06. The molecule has 6 nitrogen and oxygen atoms in total. The molecular formula is C27H21LaN3O3. The summed E-state index contributed by atoms with van der Waals surface area (Å²) in [7, 11) is 0. The van der Waals surface area contributed by atoms with Gasteiger partial charge in [0.2, 0.25) is 0 Å². The zero-order chi connectivity index (χ0) is 23.0. The Kier molecular flexibility index (Phi) is 8.93. The van der Waals surface area contributed by atoms with Gasteiger partial charge in [-0.15, -0.1) is 0 Å². The summed E-state index contributed by atoms with van der Waals surface area (Å²) in [6.07, 6.45) is 5.01. The van der Waals surface area contributed by atoms with E-state index in [0.717, 1.165) is 16.2 Å². The molecule has 0 spiro atoms. The molecule has 0 fully saturated rings. The quantitative estimate of drug-likeness (QED) is 0.212. The third-order valence-corrected chi connectivity index (χ3v) is 4.83. The first-order valence-corrected chi connectivity index (χ1v) is 10.2. The number of rotatable bonds is 0. The van der Waals surface area contributed by atoms with Crippen LogP contribution in [-0.4, -0.2) is 30.3 Å². The van der Waals surface area contributed by atoms with Gasteiger partial charge in [-0.05, 0) is 36.4 Å². The number of hydrogen-bond acceptors (Lipinski definition) is 6. The Morgan fingerprint density at radius 2 is 0.647 bits per heavy atom. The summed E-state index contributed by atoms with van der Waals surface area (Å²) in [4.78, 5) is 12.1. The van der Waals surface area contributed by atoms with Gasteiger partial charge in [-0.25, -0.2) is 0 Å². The van der Waals surface area contributed by atoms with Crippen molar-refractivity contribution in [1.82, 2.24) is 15.0 Å². The first-order valence-electron chi connectivity index (χ1n) is 10.2. The van der Waals surface area contributed by atoms with Gasteiger partial charge in [-0.2, -0.15) is 0 Å². The van der Waals surface area contributed by atoms with Crippen LogP contribution in [0.3, 0.4) is 0 Å². The molecule has 0 saturated carbocycles. The fraction of sp³-hybridized carbons (Fsp3) is 0. The van der Waals surface area contributed by atoms with Crippen LogP contribution >= 0.6 is 0 Å². The molecular weight excluding hydrogens is 553 g/mol. The van der Waals surface area contributed by atoms with Crippen LogP contribution in [0.25, 0.3) is 32.7 Å². The smallest absolute Gasteiger partial charge is 0.141 e. The molecule has 6 aromatic rings. The van der Waals surface area contributed by atoms with Gasteiger partial charge in [-0.1, -0.05) is 54.6 Å². The van der Waals surface area contributed by atoms with Crippen molar-refractivity contribution >= 4 is 32.7 Å². The maximum absolute atomic E-state index is 9.31. The average molecular weight is 574 g/mol. The van der Waals surface area contributed by atoms with Crippen molar-refractivity contribution < 1.29 is 50.9 Å². The van der Waals surface area contributed by atoms with Crippen LogP contribution < -0.4 is 0 Å². The predicted octanol–water partition coefficient (Wildman–Crippen LogP) is 5.82. The van der Waals surface area contributed by atoms with Crippen molar-refractivity contribution in [2.75, 3.05) is 0 Å². The van der Waals surface area contributed by atoms with E-state index in [9.17, 15) is 15.3 Å². The molecule has 34 heavy (non-hydrogen) atoms. The molecule has 0 bridgehead atoms. The van der Waals surface area contributed by atoms with E-state index in [1.165, 1.54) is 0 Å². The van der Waals surface area contributed by atoms with Crippen LogP contribution in [0.15, 0.2) is 110 Å². The minimum atomic E-state index is 0. The molecule has 0 saturated heterocycles. The number of hydrogen-bond donors (Lipinski definition) is 3. The normalized spacial score (nSPS) is 9.88. The minimum absolute atomic E-state index is 0. The molecule has 3 N–H and O–H groups in total. The number of fused-ring (bicyclic) bond motifs is 3. The molecule has 0 aliphatic rings. The van der Waals surface area contributed by atoms with Crippen LogP contribution in [0, 0.1) is 35.6 Å². The number of phenolic OH excluding ortho intramolecular Hbond substituents is 3. The van der Waals surface area contributed by atoms with Gasteiger partial charge < -0.3 is 15.3 Å². The van der Waals surface area contributed by atoms with Crippen LogP contribution in [0.4, 0.5) is 0 Å². The van der Waals surface area contributed by atoms with Crippen LogP contribution in [0.1, 0.15) is 0 Å². The monoisotopic (exact) mass is 574 g/mol. The molecule has 3 aromatic carbocycles. The first-order chi connectivity index (χ1) is 16.1. The van der Waals surface area contributed by atoms with Gasteiger partial charge >= 0.3 is 0 Å². The summed E-state index contributed by atoms with van der Waals surface area (Å²) in [5, 5.41) is 30.8. The third-order valence-electron chi connectivity index (χ3n) is 4.83. The Balaban J connectivity index is 0.000000141. The van der Waals surface area contributed by atoms with Gasteiger partial charge in [0, 0.05) is 70.3 Å². The fourth-order valence-corrected chi connectivity index (χ4v) is 3.26. The minimum Gasteiger partial charge on any atom is -0.506 e. The van der Waals surface area contributed by atoms with E-state index >= 15 is 0 Å². The van der Waals surface area contributed by atoms with Gasteiger partial charge in [0.15, 0.2) is 0 Å². The second kappa shape index (κ2) is 12.1. The topological polar surface area (TPSA) is 99.4 Å². The molecule has 1 radical (unpaired) electrons. The first kappa shape index (κ1) is 25.1. The van der Waals surface area contributed by atoms with E-state index in [-0.39, 0.29) is 52.8 Å². The van der Waals surface area contributed by atoms with Crippen LogP contribution in [-0.2, 0) is 0 Å². The van der Waals surface area contributed by atoms with Crippen molar-refractivity contribution in [3.63, 3.8) is 0 Å². The standard InChI is InChI=1S/3C9H7NO.La/c3*11-8-5-1-3-7-4-2-6-10-9(7)8;/h3*1-6,11H;. The predicted molar refractivity (Wildman–Crippen MR) is 130 cm³/mol. The average Bonchev–Trinajstić information content (AvgIpc) is 2.86. The van der Waals surface area contributed by atoms with Crippen molar-refractivity contribution in [3.8, 4) is 17.2 Å². The van der Waals surface area contributed by atoms with Crippen molar-refractivity contribution in [2.24, 2.45) is 0 Å². The van der Waals surface area contributed by atoms with Gasteiger partial charge in [0.1, 0.15) is 33.8 Å². The third kappa shape index (κ3) is 6.08. The van der Waals surface area contributed by atoms with Gasteiger partial charge in [0.05, 0.1) is 0 Å². The summed E-state index contributed by atoms with van der Waals surface area (Å²) in [5.74, 6) is 0.717. The number of aromatic nitrogens is 3. The molecule has 165 valence electrons. The van der Waals surface area contributed by atoms with E-state index in [2.05, 4.69) is 15.0 Å². The fourth-order valence-electron chi connectivity index (χ4n) is 3.26. The van der Waals surface area contributed by atoms with E-state index in [4.69, 9.17) is 0 Å².